The molecule has 26 heavy (non-hydrogen) atoms. The number of hydrogen-bond acceptors (Lipinski definition) is 2. The molecule has 0 unspecified atom stereocenters. The third-order valence-corrected chi connectivity index (χ3v) is 5.86. The highest BCUT2D eigenvalue weighted by Gasteiger charge is 2.19. The lowest BCUT2D eigenvalue weighted by molar-refractivity contribution is 1.14. The van der Waals surface area contributed by atoms with Crippen molar-refractivity contribution in [2.45, 2.75) is 13.3 Å². The van der Waals surface area contributed by atoms with Crippen LogP contribution >= 0.6 is 11.3 Å². The van der Waals surface area contributed by atoms with Gasteiger partial charge in [0, 0.05) is 11.1 Å². The zero-order valence-corrected chi connectivity index (χ0v) is 15.3. The molecule has 0 atom stereocenters. The van der Waals surface area contributed by atoms with Crippen molar-refractivity contribution in [3.05, 3.63) is 84.4 Å². The van der Waals surface area contributed by atoms with E-state index in [1.165, 1.54) is 32.6 Å². The second kappa shape index (κ2) is 6.11. The predicted octanol–water partition coefficient (Wildman–Crippen LogP) is 6.45. The van der Waals surface area contributed by atoms with E-state index in [-0.39, 0.29) is 0 Å². The molecule has 0 amide bonds. The molecule has 0 aliphatic heterocycles. The summed E-state index contributed by atoms with van der Waals surface area (Å²) < 4.78 is 3.57. The van der Waals surface area contributed by atoms with Crippen molar-refractivity contribution in [1.82, 2.24) is 9.38 Å². The molecule has 0 spiro atoms. The highest BCUT2D eigenvalue weighted by Crippen LogP contribution is 2.38. The van der Waals surface area contributed by atoms with Crippen LogP contribution in [0.4, 0.5) is 0 Å². The molecule has 0 aliphatic carbocycles. The Morgan fingerprint density at radius 3 is 2.31 bits per heavy atom. The lowest BCUT2D eigenvalue weighted by atomic mass is 10.0. The van der Waals surface area contributed by atoms with Crippen molar-refractivity contribution in [2.24, 2.45) is 0 Å². The molecule has 0 saturated heterocycles. The Kier molecular flexibility index (Phi) is 3.61. The van der Waals surface area contributed by atoms with Crippen LogP contribution in [0, 0.1) is 0 Å². The molecule has 0 bridgehead atoms. The smallest absolute Gasteiger partial charge is 0.195 e. The van der Waals surface area contributed by atoms with Gasteiger partial charge in [-0.1, -0.05) is 85.0 Å². The number of thiazole rings is 1. The summed E-state index contributed by atoms with van der Waals surface area (Å²) >= 11 is 1.75. The van der Waals surface area contributed by atoms with Crippen LogP contribution < -0.4 is 0 Å². The van der Waals surface area contributed by atoms with Crippen LogP contribution in [0.1, 0.15) is 12.5 Å². The minimum Gasteiger partial charge on any atom is -0.282 e. The topological polar surface area (TPSA) is 17.3 Å². The molecular formula is C23H18N2S. The fraction of sp³-hybridized carbons (Fsp3) is 0.0870. The maximum absolute atomic E-state index is 5.03. The van der Waals surface area contributed by atoms with E-state index in [1.54, 1.807) is 11.3 Å². The van der Waals surface area contributed by atoms with E-state index in [2.05, 4.69) is 90.2 Å². The fourth-order valence-corrected chi connectivity index (χ4v) is 4.51. The van der Waals surface area contributed by atoms with E-state index in [0.29, 0.717) is 0 Å². The molecule has 0 saturated carbocycles. The number of rotatable bonds is 3. The third-order valence-electron chi connectivity index (χ3n) is 4.84. The number of aromatic nitrogens is 2. The Morgan fingerprint density at radius 1 is 0.808 bits per heavy atom. The standard InChI is InChI=1S/C23H18N2S/c1-2-16-12-14-17(15-13-16)21-22(18-8-4-3-5-9-18)25-19-10-6-7-11-20(19)26-23(25)24-21/h3-15H,2H2,1H3. The van der Waals surface area contributed by atoms with Gasteiger partial charge in [-0.3, -0.25) is 4.40 Å². The molecule has 5 aromatic rings. The van der Waals surface area contributed by atoms with Gasteiger partial charge in [-0.15, -0.1) is 0 Å². The second-order valence-corrected chi connectivity index (χ2v) is 7.42. The summed E-state index contributed by atoms with van der Waals surface area (Å²) in [7, 11) is 0. The van der Waals surface area contributed by atoms with Gasteiger partial charge in [0.1, 0.15) is 0 Å². The zero-order valence-electron chi connectivity index (χ0n) is 14.5. The first kappa shape index (κ1) is 15.4. The summed E-state index contributed by atoms with van der Waals surface area (Å²) in [5, 5.41) is 0. The number of nitrogens with zero attached hydrogens (tertiary/aromatic N) is 2. The van der Waals surface area contributed by atoms with E-state index in [1.807, 2.05) is 0 Å². The van der Waals surface area contributed by atoms with Crippen LogP contribution in [0.2, 0.25) is 0 Å². The second-order valence-electron chi connectivity index (χ2n) is 6.41. The minimum absolute atomic E-state index is 1.04. The van der Waals surface area contributed by atoms with Crippen molar-refractivity contribution in [3.8, 4) is 22.5 Å². The summed E-state index contributed by atoms with van der Waals surface area (Å²) in [5.74, 6) is 0. The highest BCUT2D eigenvalue weighted by molar-refractivity contribution is 7.23. The van der Waals surface area contributed by atoms with Crippen molar-refractivity contribution in [3.63, 3.8) is 0 Å². The van der Waals surface area contributed by atoms with Gasteiger partial charge in [0.05, 0.1) is 21.6 Å². The van der Waals surface area contributed by atoms with Crippen molar-refractivity contribution in [2.75, 3.05) is 0 Å². The summed E-state index contributed by atoms with van der Waals surface area (Å²) in [6.07, 6.45) is 1.05. The van der Waals surface area contributed by atoms with E-state index in [4.69, 9.17) is 4.98 Å². The SMILES string of the molecule is CCc1ccc(-c2nc3sc4ccccc4n3c2-c2ccccc2)cc1. The van der Waals surface area contributed by atoms with Gasteiger partial charge in [-0.2, -0.15) is 0 Å². The Hall–Kier alpha value is -2.91. The molecule has 0 N–H and O–H groups in total. The summed E-state index contributed by atoms with van der Waals surface area (Å²) in [6.45, 7) is 2.18. The van der Waals surface area contributed by atoms with Gasteiger partial charge < -0.3 is 0 Å². The molecule has 2 heterocycles. The van der Waals surface area contributed by atoms with Gasteiger partial charge in [-0.05, 0) is 24.1 Å². The summed E-state index contributed by atoms with van der Waals surface area (Å²) in [4.78, 5) is 6.07. The molecule has 3 heteroatoms. The van der Waals surface area contributed by atoms with E-state index >= 15 is 0 Å². The first-order valence-electron chi connectivity index (χ1n) is 8.90. The minimum atomic E-state index is 1.04. The van der Waals surface area contributed by atoms with Gasteiger partial charge in [0.25, 0.3) is 0 Å². The van der Waals surface area contributed by atoms with Crippen LogP contribution in [0.15, 0.2) is 78.9 Å². The summed E-state index contributed by atoms with van der Waals surface area (Å²) in [6, 6.07) is 27.9. The zero-order chi connectivity index (χ0) is 17.5. The third kappa shape index (κ3) is 2.36. The van der Waals surface area contributed by atoms with Gasteiger partial charge in [0.2, 0.25) is 0 Å². The number of para-hydroxylation sites is 1. The first-order chi connectivity index (χ1) is 12.8. The van der Waals surface area contributed by atoms with Gasteiger partial charge in [0.15, 0.2) is 4.96 Å². The van der Waals surface area contributed by atoms with Gasteiger partial charge in [-0.25, -0.2) is 4.98 Å². The highest BCUT2D eigenvalue weighted by atomic mass is 32.1. The van der Waals surface area contributed by atoms with Crippen molar-refractivity contribution < 1.29 is 0 Å². The number of aryl methyl sites for hydroxylation is 1. The molecule has 2 aromatic heterocycles. The van der Waals surface area contributed by atoms with E-state index in [9.17, 15) is 0 Å². The Bertz CT molecular complexity index is 1200. The molecule has 0 aliphatic rings. The van der Waals surface area contributed by atoms with Gasteiger partial charge >= 0.3 is 0 Å². The fourth-order valence-electron chi connectivity index (χ4n) is 3.48. The molecular weight excluding hydrogens is 336 g/mol. The Labute approximate surface area is 156 Å². The molecule has 2 nitrogen and oxygen atoms in total. The average molecular weight is 354 g/mol. The number of fused-ring (bicyclic) bond motifs is 3. The number of imidazole rings is 1. The monoisotopic (exact) mass is 354 g/mol. The Morgan fingerprint density at radius 2 is 1.54 bits per heavy atom. The molecule has 0 fully saturated rings. The van der Waals surface area contributed by atoms with Crippen LogP contribution in [-0.2, 0) is 6.42 Å². The van der Waals surface area contributed by atoms with Crippen molar-refractivity contribution in [1.29, 1.82) is 0 Å². The maximum atomic E-state index is 5.03. The molecule has 126 valence electrons. The van der Waals surface area contributed by atoms with Crippen LogP contribution in [0.25, 0.3) is 37.7 Å². The average Bonchev–Trinajstić information content (AvgIpc) is 3.25. The lowest BCUT2D eigenvalue weighted by Gasteiger charge is -2.07. The molecule has 0 radical (unpaired) electrons. The van der Waals surface area contributed by atoms with E-state index < -0.39 is 0 Å². The largest absolute Gasteiger partial charge is 0.282 e. The molecule has 3 aromatic carbocycles. The lowest BCUT2D eigenvalue weighted by Crippen LogP contribution is -1.89. The normalized spacial score (nSPS) is 11.4. The van der Waals surface area contributed by atoms with E-state index in [0.717, 1.165) is 17.1 Å². The van der Waals surface area contributed by atoms with Crippen LogP contribution in [0.3, 0.4) is 0 Å². The number of benzene rings is 3. The predicted molar refractivity (Wildman–Crippen MR) is 111 cm³/mol. The maximum Gasteiger partial charge on any atom is 0.195 e. The molecule has 5 rings (SSSR count). The number of hydrogen-bond donors (Lipinski definition) is 0. The van der Waals surface area contributed by atoms with Crippen molar-refractivity contribution >= 4 is 26.5 Å². The van der Waals surface area contributed by atoms with Crippen LogP contribution in [-0.4, -0.2) is 9.38 Å². The Balaban J connectivity index is 1.85. The quantitative estimate of drug-likeness (QED) is 0.364. The van der Waals surface area contributed by atoms with Crippen LogP contribution in [0.5, 0.6) is 0 Å². The summed E-state index contributed by atoms with van der Waals surface area (Å²) in [5.41, 5.74) is 7.15. The first-order valence-corrected chi connectivity index (χ1v) is 9.71.